The van der Waals surface area contributed by atoms with Crippen molar-refractivity contribution in [2.75, 3.05) is 0 Å². The molecule has 4 heteroatoms. The number of para-hydroxylation sites is 3. The van der Waals surface area contributed by atoms with E-state index in [-0.39, 0.29) is 6.71 Å². The Morgan fingerprint density at radius 2 is 1.41 bits per heavy atom. The molecule has 0 amide bonds. The quantitative estimate of drug-likeness (QED) is 0.291. The van der Waals surface area contributed by atoms with Gasteiger partial charge in [-0.3, -0.25) is 0 Å². The molecule has 0 unspecified atom stereocenters. The number of hydrogen-bond donors (Lipinski definition) is 0. The molecular weight excluding hydrogens is 417 g/mol. The second-order valence-electron chi connectivity index (χ2n) is 9.27. The van der Waals surface area contributed by atoms with Gasteiger partial charge in [-0.15, -0.1) is 0 Å². The molecule has 0 saturated heterocycles. The van der Waals surface area contributed by atoms with Crippen LogP contribution in [0.5, 0.6) is 11.5 Å². The summed E-state index contributed by atoms with van der Waals surface area (Å²) in [6.07, 6.45) is 0. The third-order valence-corrected chi connectivity index (χ3v) is 7.65. The molecule has 9 rings (SSSR count). The van der Waals surface area contributed by atoms with Crippen LogP contribution < -0.4 is 21.1 Å². The van der Waals surface area contributed by atoms with Crippen LogP contribution in [0.2, 0.25) is 0 Å². The standard InChI is InChI=1S/C30H16BNO2/c1-4-11-21-17(8-1)19-16-26-27(18-9-2-5-13-23(18)33-26)29-30(19)32(21)22-12-7-15-25-28(22)31(29)20-10-3-6-14-24(20)34-25/h1-16H. The molecule has 3 nitrogen and oxygen atoms in total. The number of rotatable bonds is 0. The summed E-state index contributed by atoms with van der Waals surface area (Å²) >= 11 is 0. The minimum Gasteiger partial charge on any atom is -0.458 e. The van der Waals surface area contributed by atoms with Crippen molar-refractivity contribution in [2.45, 2.75) is 0 Å². The van der Waals surface area contributed by atoms with Gasteiger partial charge in [0.1, 0.15) is 22.7 Å². The van der Waals surface area contributed by atoms with Crippen LogP contribution in [0.1, 0.15) is 0 Å². The number of benzene rings is 5. The van der Waals surface area contributed by atoms with Crippen LogP contribution in [-0.2, 0) is 0 Å². The van der Waals surface area contributed by atoms with Crippen LogP contribution in [0.3, 0.4) is 0 Å². The summed E-state index contributed by atoms with van der Waals surface area (Å²) in [6.45, 7) is 0.0696. The van der Waals surface area contributed by atoms with Crippen molar-refractivity contribution in [1.82, 2.24) is 4.57 Å². The highest BCUT2D eigenvalue weighted by Crippen LogP contribution is 2.41. The average Bonchev–Trinajstić information content (AvgIpc) is 3.42. The number of hydrogen-bond acceptors (Lipinski definition) is 2. The van der Waals surface area contributed by atoms with Crippen LogP contribution in [0.15, 0.2) is 101 Å². The third kappa shape index (κ3) is 1.85. The number of ether oxygens (including phenoxy) is 1. The SMILES string of the molecule is c1ccc2c(c1)Oc1cccc3c1B2c1c2c(cc4c5ccccc5n-3c14)oc1ccccc12. The van der Waals surface area contributed by atoms with Gasteiger partial charge in [0.15, 0.2) is 0 Å². The van der Waals surface area contributed by atoms with Gasteiger partial charge in [-0.25, -0.2) is 0 Å². The fourth-order valence-electron chi connectivity index (χ4n) is 6.39. The van der Waals surface area contributed by atoms with Crippen LogP contribution >= 0.6 is 0 Å². The molecule has 2 aromatic heterocycles. The molecular formula is C30H16BNO2. The molecule has 0 bridgehead atoms. The first-order valence-electron chi connectivity index (χ1n) is 11.7. The maximum Gasteiger partial charge on any atom is 0.257 e. The molecule has 0 spiro atoms. The lowest BCUT2D eigenvalue weighted by atomic mass is 9.34. The van der Waals surface area contributed by atoms with Gasteiger partial charge in [0.2, 0.25) is 0 Å². The second kappa shape index (κ2) is 5.73. The van der Waals surface area contributed by atoms with Crippen molar-refractivity contribution in [1.29, 1.82) is 0 Å². The molecule has 2 aliphatic heterocycles. The Kier molecular flexibility index (Phi) is 2.88. The fraction of sp³-hybridized carbons (Fsp3) is 0. The van der Waals surface area contributed by atoms with E-state index in [2.05, 4.69) is 95.6 Å². The molecule has 2 aliphatic rings. The van der Waals surface area contributed by atoms with Crippen molar-refractivity contribution in [2.24, 2.45) is 0 Å². The zero-order valence-corrected chi connectivity index (χ0v) is 18.1. The maximum atomic E-state index is 6.47. The summed E-state index contributed by atoms with van der Waals surface area (Å²) < 4.78 is 15.4. The first-order valence-corrected chi connectivity index (χ1v) is 11.7. The smallest absolute Gasteiger partial charge is 0.257 e. The van der Waals surface area contributed by atoms with Gasteiger partial charge >= 0.3 is 0 Å². The van der Waals surface area contributed by atoms with E-state index < -0.39 is 0 Å². The number of nitrogens with zero attached hydrogens (tertiary/aromatic N) is 1. The minimum atomic E-state index is 0.0696. The highest BCUT2D eigenvalue weighted by molar-refractivity contribution is 7.01. The van der Waals surface area contributed by atoms with E-state index in [4.69, 9.17) is 9.15 Å². The summed E-state index contributed by atoms with van der Waals surface area (Å²) in [4.78, 5) is 0. The van der Waals surface area contributed by atoms with Gasteiger partial charge < -0.3 is 13.7 Å². The van der Waals surface area contributed by atoms with Gasteiger partial charge in [-0.2, -0.15) is 0 Å². The van der Waals surface area contributed by atoms with Crippen molar-refractivity contribution in [3.63, 3.8) is 0 Å². The molecule has 0 N–H and O–H groups in total. The van der Waals surface area contributed by atoms with Gasteiger partial charge in [0.25, 0.3) is 6.71 Å². The van der Waals surface area contributed by atoms with E-state index in [1.807, 2.05) is 6.07 Å². The Morgan fingerprint density at radius 3 is 2.38 bits per heavy atom. The fourth-order valence-corrected chi connectivity index (χ4v) is 6.39. The molecule has 0 radical (unpaired) electrons. The van der Waals surface area contributed by atoms with Crippen molar-refractivity contribution >= 4 is 66.8 Å². The summed E-state index contributed by atoms with van der Waals surface area (Å²) in [6, 6.07) is 34.2. The monoisotopic (exact) mass is 433 g/mol. The largest absolute Gasteiger partial charge is 0.458 e. The van der Waals surface area contributed by atoms with Crippen LogP contribution in [0.25, 0.3) is 49.4 Å². The Hall–Kier alpha value is -4.44. The topological polar surface area (TPSA) is 27.3 Å². The van der Waals surface area contributed by atoms with E-state index in [0.29, 0.717) is 0 Å². The molecule has 7 aromatic rings. The minimum absolute atomic E-state index is 0.0696. The van der Waals surface area contributed by atoms with Crippen LogP contribution in [-0.4, -0.2) is 11.3 Å². The van der Waals surface area contributed by atoms with Gasteiger partial charge in [-0.05, 0) is 52.8 Å². The Morgan fingerprint density at radius 1 is 0.618 bits per heavy atom. The third-order valence-electron chi connectivity index (χ3n) is 7.65. The predicted octanol–water partition coefficient (Wildman–Crippen LogP) is 5.62. The molecule has 34 heavy (non-hydrogen) atoms. The van der Waals surface area contributed by atoms with Crippen molar-refractivity contribution in [3.8, 4) is 17.2 Å². The van der Waals surface area contributed by atoms with E-state index >= 15 is 0 Å². The second-order valence-corrected chi connectivity index (χ2v) is 9.27. The molecule has 5 aromatic carbocycles. The summed E-state index contributed by atoms with van der Waals surface area (Å²) in [7, 11) is 0. The average molecular weight is 433 g/mol. The van der Waals surface area contributed by atoms with Crippen molar-refractivity contribution < 1.29 is 9.15 Å². The Balaban J connectivity index is 1.63. The van der Waals surface area contributed by atoms with E-state index in [9.17, 15) is 0 Å². The highest BCUT2D eigenvalue weighted by atomic mass is 16.5. The number of furan rings is 1. The Bertz CT molecular complexity index is 2010. The normalized spacial score (nSPS) is 13.5. The lowest BCUT2D eigenvalue weighted by Gasteiger charge is -2.33. The van der Waals surface area contributed by atoms with Gasteiger partial charge in [-0.1, -0.05) is 60.7 Å². The summed E-state index contributed by atoms with van der Waals surface area (Å²) in [5, 5.41) is 4.84. The van der Waals surface area contributed by atoms with Gasteiger partial charge in [0, 0.05) is 27.2 Å². The lowest BCUT2D eigenvalue weighted by Crippen LogP contribution is -2.58. The highest BCUT2D eigenvalue weighted by Gasteiger charge is 2.41. The lowest BCUT2D eigenvalue weighted by molar-refractivity contribution is 0.487. The maximum absolute atomic E-state index is 6.47. The molecule has 0 atom stereocenters. The first-order chi connectivity index (χ1) is 16.9. The number of fused-ring (bicyclic) bond motifs is 11. The van der Waals surface area contributed by atoms with Crippen LogP contribution in [0.4, 0.5) is 0 Å². The first kappa shape index (κ1) is 17.1. The number of aromatic nitrogens is 1. The van der Waals surface area contributed by atoms with E-state index in [1.54, 1.807) is 0 Å². The zero-order chi connectivity index (χ0) is 22.0. The van der Waals surface area contributed by atoms with Crippen LogP contribution in [0, 0.1) is 0 Å². The predicted molar refractivity (Wildman–Crippen MR) is 139 cm³/mol. The zero-order valence-electron chi connectivity index (χ0n) is 18.1. The van der Waals surface area contributed by atoms with E-state index in [0.717, 1.165) is 28.1 Å². The molecule has 4 heterocycles. The van der Waals surface area contributed by atoms with Crippen molar-refractivity contribution in [3.05, 3.63) is 97.1 Å². The summed E-state index contributed by atoms with van der Waals surface area (Å²) in [5.41, 5.74) is 9.29. The molecule has 0 fully saturated rings. The molecule has 156 valence electrons. The molecule has 0 saturated carbocycles. The molecule has 0 aliphatic carbocycles. The van der Waals surface area contributed by atoms with Gasteiger partial charge in [0.05, 0.1) is 11.0 Å². The van der Waals surface area contributed by atoms with E-state index in [1.165, 1.54) is 49.3 Å². The Labute approximate surface area is 194 Å². The summed E-state index contributed by atoms with van der Waals surface area (Å²) in [5.74, 6) is 1.86.